The number of rotatable bonds is 4. The fraction of sp³-hybridized carbons (Fsp3) is 0.714. The van der Waals surface area contributed by atoms with Crippen LogP contribution in [0.4, 0.5) is 5.82 Å². The summed E-state index contributed by atoms with van der Waals surface area (Å²) in [5, 5.41) is 16.8. The first kappa shape index (κ1) is 18.2. The van der Waals surface area contributed by atoms with Gasteiger partial charge >= 0.3 is 0 Å². The summed E-state index contributed by atoms with van der Waals surface area (Å²) in [4.78, 5) is 9.92. The fourth-order valence-electron chi connectivity index (χ4n) is 5.54. The molecule has 3 saturated heterocycles. The highest BCUT2D eigenvalue weighted by molar-refractivity contribution is 5.61. The van der Waals surface area contributed by atoms with Crippen LogP contribution in [0.5, 0.6) is 5.88 Å². The molecule has 2 N–H and O–H groups in total. The van der Waals surface area contributed by atoms with E-state index in [1.807, 2.05) is 0 Å². The molecule has 0 aliphatic carbocycles. The van der Waals surface area contributed by atoms with Crippen LogP contribution in [0, 0.1) is 11.3 Å². The lowest BCUT2D eigenvalue weighted by atomic mass is 9.95. The van der Waals surface area contributed by atoms with Crippen molar-refractivity contribution in [3.8, 4) is 11.9 Å². The van der Waals surface area contributed by atoms with Gasteiger partial charge in [0.05, 0.1) is 5.54 Å². The molecule has 7 heteroatoms. The molecule has 0 bridgehead atoms. The van der Waals surface area contributed by atoms with Gasteiger partial charge in [-0.3, -0.25) is 4.90 Å². The highest BCUT2D eigenvalue weighted by Crippen LogP contribution is 2.40. The molecule has 4 aliphatic rings. The van der Waals surface area contributed by atoms with E-state index in [9.17, 15) is 5.26 Å². The van der Waals surface area contributed by atoms with Crippen LogP contribution < -0.4 is 20.3 Å². The first-order valence-corrected chi connectivity index (χ1v) is 10.8. The van der Waals surface area contributed by atoms with E-state index in [-0.39, 0.29) is 5.54 Å². The monoisotopic (exact) mass is 382 g/mol. The highest BCUT2D eigenvalue weighted by Gasteiger charge is 2.45. The Kier molecular flexibility index (Phi) is 4.87. The zero-order chi connectivity index (χ0) is 19.0. The van der Waals surface area contributed by atoms with Crippen molar-refractivity contribution >= 4 is 5.82 Å². The van der Waals surface area contributed by atoms with Crippen LogP contribution >= 0.6 is 0 Å². The number of nitriles is 1. The van der Waals surface area contributed by atoms with E-state index in [2.05, 4.69) is 26.5 Å². The average molecular weight is 383 g/mol. The van der Waals surface area contributed by atoms with Crippen LogP contribution in [-0.4, -0.2) is 67.8 Å². The molecule has 150 valence electrons. The second kappa shape index (κ2) is 7.51. The molecule has 7 nitrogen and oxygen atoms in total. The molecule has 4 aliphatic heterocycles. The molecule has 0 radical (unpaired) electrons. The van der Waals surface area contributed by atoms with E-state index in [0.29, 0.717) is 18.1 Å². The normalized spacial score (nSPS) is 23.9. The van der Waals surface area contributed by atoms with Gasteiger partial charge in [-0.1, -0.05) is 0 Å². The molecule has 1 aromatic heterocycles. The molecule has 0 unspecified atom stereocenters. The zero-order valence-corrected chi connectivity index (χ0v) is 16.6. The van der Waals surface area contributed by atoms with E-state index in [1.165, 1.54) is 44.3 Å². The van der Waals surface area contributed by atoms with E-state index in [0.717, 1.165) is 57.1 Å². The molecule has 0 aromatic carbocycles. The fourth-order valence-corrected chi connectivity index (χ4v) is 5.54. The van der Waals surface area contributed by atoms with Crippen molar-refractivity contribution < 1.29 is 4.74 Å². The standard InChI is InChI=1S/C21H30N6O/c22-13-17-18-14-24-6-3-16(18)19(26-11-7-23-8-12-26)25-20(17)28-15-21-4-1-9-27(21)10-2-5-21/h23-24H,1-12,14-15H2. The Morgan fingerprint density at radius 2 is 1.82 bits per heavy atom. The molecule has 5 rings (SSSR count). The van der Waals surface area contributed by atoms with Crippen molar-refractivity contribution in [2.24, 2.45) is 0 Å². The minimum atomic E-state index is 0.164. The molecule has 0 amide bonds. The number of hydrogen-bond donors (Lipinski definition) is 2. The Labute approximate surface area is 167 Å². The van der Waals surface area contributed by atoms with Crippen molar-refractivity contribution in [2.75, 3.05) is 57.3 Å². The van der Waals surface area contributed by atoms with Gasteiger partial charge in [-0.2, -0.15) is 10.2 Å². The first-order chi connectivity index (χ1) is 13.8. The molecule has 0 spiro atoms. The minimum absolute atomic E-state index is 0.164. The summed E-state index contributed by atoms with van der Waals surface area (Å²) >= 11 is 0. The lowest BCUT2D eigenvalue weighted by molar-refractivity contribution is 0.110. The number of piperazine rings is 1. The second-order valence-corrected chi connectivity index (χ2v) is 8.56. The van der Waals surface area contributed by atoms with E-state index in [1.54, 1.807) is 0 Å². The molecule has 1 aromatic rings. The Morgan fingerprint density at radius 1 is 1.04 bits per heavy atom. The summed E-state index contributed by atoms with van der Waals surface area (Å²) in [6, 6.07) is 2.41. The lowest BCUT2D eigenvalue weighted by Gasteiger charge is -2.34. The van der Waals surface area contributed by atoms with Gasteiger partial charge in [0.2, 0.25) is 5.88 Å². The summed E-state index contributed by atoms with van der Waals surface area (Å²) < 4.78 is 6.37. The number of pyridine rings is 1. The second-order valence-electron chi connectivity index (χ2n) is 8.56. The number of anilines is 1. The number of fused-ring (bicyclic) bond motifs is 2. The van der Waals surface area contributed by atoms with Gasteiger partial charge in [0.25, 0.3) is 0 Å². The predicted octanol–water partition coefficient (Wildman–Crippen LogP) is 1.02. The summed E-state index contributed by atoms with van der Waals surface area (Å²) in [7, 11) is 0. The Bertz CT molecular complexity index is 772. The number of hydrogen-bond acceptors (Lipinski definition) is 7. The van der Waals surface area contributed by atoms with Crippen molar-refractivity contribution in [3.05, 3.63) is 16.7 Å². The Morgan fingerprint density at radius 3 is 2.57 bits per heavy atom. The third-order valence-electron chi connectivity index (χ3n) is 7.03. The maximum atomic E-state index is 9.92. The largest absolute Gasteiger partial charge is 0.475 e. The van der Waals surface area contributed by atoms with Crippen molar-refractivity contribution in [2.45, 2.75) is 44.2 Å². The van der Waals surface area contributed by atoms with E-state index < -0.39 is 0 Å². The number of nitrogens with one attached hydrogen (secondary N) is 2. The van der Waals surface area contributed by atoms with Gasteiger partial charge in [-0.25, -0.2) is 0 Å². The Balaban J connectivity index is 1.48. The van der Waals surface area contributed by atoms with Crippen LogP contribution in [0.2, 0.25) is 0 Å². The summed E-state index contributed by atoms with van der Waals surface area (Å²) in [6.07, 6.45) is 5.83. The van der Waals surface area contributed by atoms with E-state index >= 15 is 0 Å². The third-order valence-corrected chi connectivity index (χ3v) is 7.03. The maximum absolute atomic E-state index is 9.92. The van der Waals surface area contributed by atoms with Crippen molar-refractivity contribution in [3.63, 3.8) is 0 Å². The van der Waals surface area contributed by atoms with Crippen LogP contribution in [0.1, 0.15) is 42.4 Å². The van der Waals surface area contributed by atoms with E-state index in [4.69, 9.17) is 9.72 Å². The first-order valence-electron chi connectivity index (χ1n) is 10.8. The van der Waals surface area contributed by atoms with Gasteiger partial charge in [0.1, 0.15) is 24.1 Å². The predicted molar refractivity (Wildman–Crippen MR) is 108 cm³/mol. The SMILES string of the molecule is N#Cc1c(OCC23CCCN2CCC3)nc(N2CCNCC2)c2c1CNCC2. The zero-order valence-electron chi connectivity index (χ0n) is 16.6. The molecular formula is C21H30N6O. The van der Waals surface area contributed by atoms with Crippen LogP contribution in [0.25, 0.3) is 0 Å². The summed E-state index contributed by atoms with van der Waals surface area (Å²) in [5.74, 6) is 1.59. The quantitative estimate of drug-likeness (QED) is 0.805. The number of ether oxygens (including phenoxy) is 1. The van der Waals surface area contributed by atoms with Gasteiger partial charge in [-0.15, -0.1) is 0 Å². The van der Waals surface area contributed by atoms with Crippen LogP contribution in [0.15, 0.2) is 0 Å². The summed E-state index contributed by atoms with van der Waals surface area (Å²) in [6.45, 7) is 8.55. The minimum Gasteiger partial charge on any atom is -0.475 e. The van der Waals surface area contributed by atoms with Gasteiger partial charge in [0.15, 0.2) is 0 Å². The summed E-state index contributed by atoms with van der Waals surface area (Å²) in [5.41, 5.74) is 3.14. The topological polar surface area (TPSA) is 76.5 Å². The molecule has 5 heterocycles. The van der Waals surface area contributed by atoms with Crippen molar-refractivity contribution in [1.29, 1.82) is 5.26 Å². The van der Waals surface area contributed by atoms with Crippen LogP contribution in [-0.2, 0) is 13.0 Å². The molecule has 3 fully saturated rings. The van der Waals surface area contributed by atoms with Gasteiger partial charge < -0.3 is 20.3 Å². The maximum Gasteiger partial charge on any atom is 0.234 e. The van der Waals surface area contributed by atoms with Gasteiger partial charge in [0, 0.05) is 38.3 Å². The highest BCUT2D eigenvalue weighted by atomic mass is 16.5. The molecular weight excluding hydrogens is 352 g/mol. The molecule has 28 heavy (non-hydrogen) atoms. The number of aromatic nitrogens is 1. The average Bonchev–Trinajstić information content (AvgIpc) is 3.32. The third kappa shape index (κ3) is 3.04. The lowest BCUT2D eigenvalue weighted by Crippen LogP contribution is -2.45. The van der Waals surface area contributed by atoms with Crippen molar-refractivity contribution in [1.82, 2.24) is 20.5 Å². The smallest absolute Gasteiger partial charge is 0.234 e. The molecule has 0 atom stereocenters. The van der Waals surface area contributed by atoms with Gasteiger partial charge in [-0.05, 0) is 57.3 Å². The number of nitrogens with zero attached hydrogens (tertiary/aromatic N) is 4. The Hall–Kier alpha value is -1.88. The molecule has 0 saturated carbocycles. The van der Waals surface area contributed by atoms with Crippen LogP contribution in [0.3, 0.4) is 0 Å².